The van der Waals surface area contributed by atoms with Crippen molar-refractivity contribution in [3.05, 3.63) is 29.8 Å². The third kappa shape index (κ3) is 6.98. The van der Waals surface area contributed by atoms with Crippen molar-refractivity contribution in [1.82, 2.24) is 9.80 Å². The minimum absolute atomic E-state index is 0. The molecule has 1 aliphatic heterocycles. The molecule has 2 aliphatic rings. The molecule has 0 aromatic heterocycles. The maximum atomic E-state index is 12.6. The summed E-state index contributed by atoms with van der Waals surface area (Å²) in [5, 5.41) is 0. The largest absolute Gasteiger partial charge is 0.399 e. The van der Waals surface area contributed by atoms with E-state index in [0.717, 1.165) is 49.8 Å². The second kappa shape index (κ2) is 11.7. The minimum atomic E-state index is 0. The second-order valence-electron chi connectivity index (χ2n) is 7.46. The van der Waals surface area contributed by atoms with Crippen LogP contribution in [0.3, 0.4) is 0 Å². The van der Waals surface area contributed by atoms with Gasteiger partial charge >= 0.3 is 0 Å². The van der Waals surface area contributed by atoms with Crippen molar-refractivity contribution in [3.63, 3.8) is 0 Å². The molecule has 26 heavy (non-hydrogen) atoms. The van der Waals surface area contributed by atoms with Crippen molar-refractivity contribution in [3.8, 4) is 0 Å². The van der Waals surface area contributed by atoms with Gasteiger partial charge in [0.05, 0.1) is 6.42 Å². The van der Waals surface area contributed by atoms with Crippen molar-refractivity contribution < 1.29 is 4.79 Å². The van der Waals surface area contributed by atoms with Gasteiger partial charge in [-0.3, -0.25) is 4.79 Å². The fraction of sp³-hybridized carbons (Fsp3) is 0.650. The van der Waals surface area contributed by atoms with Crippen LogP contribution in [0.2, 0.25) is 0 Å². The summed E-state index contributed by atoms with van der Waals surface area (Å²) in [6, 6.07) is 7.66. The number of hydrogen-bond donors (Lipinski definition) is 1. The standard InChI is InChI=1S/C20H31N3O.2ClH/c21-19-9-7-17(8-10-19)15-20(24)23-12-4-11-22(13-14-23)16-18-5-2-1-3-6-18;;/h7-10,18H,1-6,11-16,21H2;2*1H. The van der Waals surface area contributed by atoms with E-state index >= 15 is 0 Å². The average Bonchev–Trinajstić information content (AvgIpc) is 2.83. The van der Waals surface area contributed by atoms with Crippen LogP contribution in [0.1, 0.15) is 44.1 Å². The van der Waals surface area contributed by atoms with E-state index in [-0.39, 0.29) is 30.7 Å². The van der Waals surface area contributed by atoms with Crippen LogP contribution in [0, 0.1) is 5.92 Å². The first-order valence-corrected chi connectivity index (χ1v) is 9.55. The number of hydrogen-bond acceptors (Lipinski definition) is 3. The highest BCUT2D eigenvalue weighted by molar-refractivity contribution is 5.85. The summed E-state index contributed by atoms with van der Waals surface area (Å²) >= 11 is 0. The molecule has 1 saturated carbocycles. The van der Waals surface area contributed by atoms with Crippen LogP contribution < -0.4 is 5.73 Å². The van der Waals surface area contributed by atoms with E-state index < -0.39 is 0 Å². The highest BCUT2D eigenvalue weighted by Gasteiger charge is 2.22. The van der Waals surface area contributed by atoms with Crippen LogP contribution in [0.5, 0.6) is 0 Å². The fourth-order valence-corrected chi connectivity index (χ4v) is 4.06. The zero-order chi connectivity index (χ0) is 16.8. The van der Waals surface area contributed by atoms with E-state index in [4.69, 9.17) is 5.73 Å². The molecule has 3 rings (SSSR count). The molecule has 2 fully saturated rings. The van der Waals surface area contributed by atoms with Crippen LogP contribution in [-0.4, -0.2) is 48.4 Å². The highest BCUT2D eigenvalue weighted by Crippen LogP contribution is 2.24. The summed E-state index contributed by atoms with van der Waals surface area (Å²) in [6.45, 7) is 5.18. The molecule has 148 valence electrons. The molecule has 0 bridgehead atoms. The number of carbonyl (C=O) groups excluding carboxylic acids is 1. The Morgan fingerprint density at radius 3 is 2.31 bits per heavy atom. The Labute approximate surface area is 170 Å². The fourth-order valence-electron chi connectivity index (χ4n) is 4.06. The Balaban J connectivity index is 0.00000169. The van der Waals surface area contributed by atoms with E-state index in [2.05, 4.69) is 9.80 Å². The number of nitrogens with zero attached hydrogens (tertiary/aromatic N) is 2. The molecule has 0 radical (unpaired) electrons. The molecule has 1 heterocycles. The van der Waals surface area contributed by atoms with Gasteiger partial charge in [-0.15, -0.1) is 24.8 Å². The third-order valence-electron chi connectivity index (χ3n) is 5.52. The summed E-state index contributed by atoms with van der Waals surface area (Å²) in [4.78, 5) is 17.2. The Kier molecular flexibility index (Phi) is 10.4. The van der Waals surface area contributed by atoms with Crippen LogP contribution >= 0.6 is 24.8 Å². The summed E-state index contributed by atoms with van der Waals surface area (Å²) in [6.07, 6.45) is 8.62. The van der Waals surface area contributed by atoms with Crippen molar-refractivity contribution >= 4 is 36.4 Å². The molecule has 1 aliphatic carbocycles. The number of anilines is 1. The Hall–Kier alpha value is -0.970. The predicted octanol–water partition coefficient (Wildman–Crippen LogP) is 3.77. The number of benzene rings is 1. The Morgan fingerprint density at radius 1 is 0.923 bits per heavy atom. The first-order valence-electron chi connectivity index (χ1n) is 9.55. The predicted molar refractivity (Wildman–Crippen MR) is 113 cm³/mol. The lowest BCUT2D eigenvalue weighted by atomic mass is 9.89. The van der Waals surface area contributed by atoms with Gasteiger partial charge in [0.15, 0.2) is 0 Å². The molecule has 1 aromatic carbocycles. The molecule has 0 spiro atoms. The molecular weight excluding hydrogens is 369 g/mol. The maximum Gasteiger partial charge on any atom is 0.227 e. The lowest BCUT2D eigenvalue weighted by Gasteiger charge is -2.28. The molecule has 4 nitrogen and oxygen atoms in total. The van der Waals surface area contributed by atoms with Crippen molar-refractivity contribution in [2.24, 2.45) is 5.92 Å². The lowest BCUT2D eigenvalue weighted by Crippen LogP contribution is -2.37. The molecule has 0 atom stereocenters. The molecule has 6 heteroatoms. The number of rotatable bonds is 4. The van der Waals surface area contributed by atoms with Gasteiger partial charge in [-0.1, -0.05) is 31.4 Å². The summed E-state index contributed by atoms with van der Waals surface area (Å²) in [5.74, 6) is 1.13. The third-order valence-corrected chi connectivity index (χ3v) is 5.52. The van der Waals surface area contributed by atoms with Gasteiger partial charge in [-0.25, -0.2) is 0 Å². The SMILES string of the molecule is Cl.Cl.Nc1ccc(CC(=O)N2CCCN(CC3CCCCC3)CC2)cc1. The quantitative estimate of drug-likeness (QED) is 0.780. The van der Waals surface area contributed by atoms with Crippen molar-refractivity contribution in [2.75, 3.05) is 38.5 Å². The number of carbonyl (C=O) groups is 1. The van der Waals surface area contributed by atoms with Gasteiger partial charge in [0, 0.05) is 31.9 Å². The van der Waals surface area contributed by atoms with Crippen molar-refractivity contribution in [1.29, 1.82) is 0 Å². The second-order valence-corrected chi connectivity index (χ2v) is 7.46. The number of halogens is 2. The van der Waals surface area contributed by atoms with Gasteiger partial charge in [0.2, 0.25) is 5.91 Å². The smallest absolute Gasteiger partial charge is 0.227 e. The Bertz CT molecular complexity index is 532. The normalized spacial score (nSPS) is 19.2. The molecule has 1 aromatic rings. The molecule has 0 unspecified atom stereocenters. The van der Waals surface area contributed by atoms with Gasteiger partial charge in [-0.05, 0) is 49.4 Å². The molecule has 1 saturated heterocycles. The monoisotopic (exact) mass is 401 g/mol. The maximum absolute atomic E-state index is 12.6. The molecule has 1 amide bonds. The highest BCUT2D eigenvalue weighted by atomic mass is 35.5. The minimum Gasteiger partial charge on any atom is -0.399 e. The van der Waals surface area contributed by atoms with E-state index in [1.165, 1.54) is 38.6 Å². The topological polar surface area (TPSA) is 49.6 Å². The van der Waals surface area contributed by atoms with E-state index in [1.54, 1.807) is 0 Å². The first kappa shape index (κ1) is 23.1. The lowest BCUT2D eigenvalue weighted by molar-refractivity contribution is -0.130. The number of nitrogen functional groups attached to an aromatic ring is 1. The van der Waals surface area contributed by atoms with E-state index in [1.807, 2.05) is 24.3 Å². The Morgan fingerprint density at radius 2 is 1.62 bits per heavy atom. The molecular formula is C20H33Cl2N3O. The van der Waals surface area contributed by atoms with Gasteiger partial charge < -0.3 is 15.5 Å². The zero-order valence-electron chi connectivity index (χ0n) is 15.6. The van der Waals surface area contributed by atoms with Gasteiger partial charge in [-0.2, -0.15) is 0 Å². The summed E-state index contributed by atoms with van der Waals surface area (Å²) in [7, 11) is 0. The van der Waals surface area contributed by atoms with Crippen LogP contribution in [0.4, 0.5) is 5.69 Å². The van der Waals surface area contributed by atoms with Crippen LogP contribution in [0.15, 0.2) is 24.3 Å². The molecule has 2 N–H and O–H groups in total. The average molecular weight is 402 g/mol. The first-order chi connectivity index (χ1) is 11.7. The summed E-state index contributed by atoms with van der Waals surface area (Å²) in [5.41, 5.74) is 7.51. The van der Waals surface area contributed by atoms with E-state index in [0.29, 0.717) is 6.42 Å². The van der Waals surface area contributed by atoms with Crippen LogP contribution in [0.25, 0.3) is 0 Å². The van der Waals surface area contributed by atoms with Crippen molar-refractivity contribution in [2.45, 2.75) is 44.9 Å². The number of amides is 1. The summed E-state index contributed by atoms with van der Waals surface area (Å²) < 4.78 is 0. The number of nitrogens with two attached hydrogens (primary N) is 1. The van der Waals surface area contributed by atoms with Crippen LogP contribution in [-0.2, 0) is 11.2 Å². The van der Waals surface area contributed by atoms with Gasteiger partial charge in [0.25, 0.3) is 0 Å². The van der Waals surface area contributed by atoms with Gasteiger partial charge in [0.1, 0.15) is 0 Å². The zero-order valence-corrected chi connectivity index (χ0v) is 17.2. The van der Waals surface area contributed by atoms with E-state index in [9.17, 15) is 4.79 Å².